The maximum Gasteiger partial charge on any atom is 0.252 e. The summed E-state index contributed by atoms with van der Waals surface area (Å²) >= 11 is 0. The molecule has 0 aliphatic heterocycles. The van der Waals surface area contributed by atoms with Crippen molar-refractivity contribution >= 4 is 16.9 Å². The first-order chi connectivity index (χ1) is 17.2. The molecule has 7 nitrogen and oxygen atoms in total. The lowest BCUT2D eigenvalue weighted by atomic mass is 10.0. The normalized spacial score (nSPS) is 14.6. The largest absolute Gasteiger partial charge is 0.489 e. The van der Waals surface area contributed by atoms with E-state index in [1.54, 1.807) is 12.4 Å². The quantitative estimate of drug-likeness (QED) is 0.357. The van der Waals surface area contributed by atoms with E-state index in [4.69, 9.17) is 14.8 Å². The number of aromatic nitrogens is 4. The van der Waals surface area contributed by atoms with E-state index in [1.807, 2.05) is 61.0 Å². The van der Waals surface area contributed by atoms with Crippen molar-refractivity contribution in [3.8, 4) is 5.75 Å². The smallest absolute Gasteiger partial charge is 0.252 e. The maximum atomic E-state index is 13.6. The van der Waals surface area contributed by atoms with Crippen molar-refractivity contribution in [1.29, 1.82) is 0 Å². The summed E-state index contributed by atoms with van der Waals surface area (Å²) in [5, 5.41) is 8.79. The first-order valence-electron chi connectivity index (χ1n) is 12.5. The van der Waals surface area contributed by atoms with E-state index < -0.39 is 0 Å². The van der Waals surface area contributed by atoms with Gasteiger partial charge in [-0.2, -0.15) is 5.10 Å². The van der Waals surface area contributed by atoms with Gasteiger partial charge in [-0.1, -0.05) is 18.2 Å². The Bertz CT molecular complexity index is 1380. The van der Waals surface area contributed by atoms with E-state index in [-0.39, 0.29) is 17.5 Å². The summed E-state index contributed by atoms with van der Waals surface area (Å²) in [6.45, 7) is 10.7. The monoisotopic (exact) mass is 483 g/mol. The summed E-state index contributed by atoms with van der Waals surface area (Å²) in [5.74, 6) is 1.10. The molecular formula is C29H33N5O2. The molecule has 1 saturated carbocycles. The van der Waals surface area contributed by atoms with Crippen molar-refractivity contribution in [2.45, 2.75) is 71.6 Å². The molecule has 1 aliphatic carbocycles. The van der Waals surface area contributed by atoms with Gasteiger partial charge >= 0.3 is 0 Å². The summed E-state index contributed by atoms with van der Waals surface area (Å²) in [6, 6.07) is 13.5. The van der Waals surface area contributed by atoms with Crippen molar-refractivity contribution in [3.63, 3.8) is 0 Å². The molecule has 1 aliphatic rings. The Kier molecular flexibility index (Phi) is 6.24. The minimum absolute atomic E-state index is 0.106. The molecule has 1 aromatic carbocycles. The van der Waals surface area contributed by atoms with Gasteiger partial charge in [0.2, 0.25) is 0 Å². The van der Waals surface area contributed by atoms with Gasteiger partial charge in [0, 0.05) is 29.6 Å². The van der Waals surface area contributed by atoms with Crippen LogP contribution in [0.25, 0.3) is 11.0 Å². The Balaban J connectivity index is 1.36. The van der Waals surface area contributed by atoms with Crippen molar-refractivity contribution in [3.05, 3.63) is 82.9 Å². The summed E-state index contributed by atoms with van der Waals surface area (Å²) in [5.41, 5.74) is 5.04. The van der Waals surface area contributed by atoms with Gasteiger partial charge < -0.3 is 10.1 Å². The van der Waals surface area contributed by atoms with Crippen LogP contribution in [0.5, 0.6) is 5.75 Å². The fraction of sp³-hybridized carbons (Fsp3) is 0.379. The van der Waals surface area contributed by atoms with Crippen LogP contribution in [0, 0.1) is 6.92 Å². The third-order valence-corrected chi connectivity index (χ3v) is 6.56. The molecule has 1 fully saturated rings. The molecule has 0 spiro atoms. The van der Waals surface area contributed by atoms with Gasteiger partial charge in [-0.05, 0) is 77.3 Å². The fourth-order valence-electron chi connectivity index (χ4n) is 4.40. The number of ether oxygens (including phenoxy) is 1. The third kappa shape index (κ3) is 4.96. The second kappa shape index (κ2) is 9.37. The zero-order chi connectivity index (χ0) is 25.4. The second-order valence-electron chi connectivity index (χ2n) is 10.6. The van der Waals surface area contributed by atoms with Gasteiger partial charge in [-0.15, -0.1) is 0 Å². The Labute approximate surface area is 211 Å². The Morgan fingerprint density at radius 1 is 1.19 bits per heavy atom. The van der Waals surface area contributed by atoms with E-state index in [1.165, 1.54) is 0 Å². The van der Waals surface area contributed by atoms with E-state index in [9.17, 15) is 4.79 Å². The number of carbonyl (C=O) groups is 1. The number of benzene rings is 1. The van der Waals surface area contributed by atoms with Gasteiger partial charge in [0.15, 0.2) is 5.65 Å². The Morgan fingerprint density at radius 3 is 2.58 bits per heavy atom. The first-order valence-corrected chi connectivity index (χ1v) is 12.5. The van der Waals surface area contributed by atoms with Crippen LogP contribution in [0.1, 0.15) is 85.4 Å². The molecule has 186 valence electrons. The third-order valence-electron chi connectivity index (χ3n) is 6.56. The van der Waals surface area contributed by atoms with Crippen molar-refractivity contribution in [2.24, 2.45) is 0 Å². The zero-order valence-electron chi connectivity index (χ0n) is 21.6. The maximum absolute atomic E-state index is 13.6. The number of nitrogens with zero attached hydrogens (tertiary/aromatic N) is 4. The number of amides is 1. The van der Waals surface area contributed by atoms with E-state index >= 15 is 0 Å². The van der Waals surface area contributed by atoms with Crippen LogP contribution in [0.4, 0.5) is 0 Å². The summed E-state index contributed by atoms with van der Waals surface area (Å²) in [6.07, 6.45) is 5.78. The minimum Gasteiger partial charge on any atom is -0.489 e. The van der Waals surface area contributed by atoms with Crippen molar-refractivity contribution < 1.29 is 9.53 Å². The fourth-order valence-corrected chi connectivity index (χ4v) is 4.40. The highest BCUT2D eigenvalue weighted by molar-refractivity contribution is 6.06. The van der Waals surface area contributed by atoms with Crippen LogP contribution < -0.4 is 10.1 Å². The Hall–Kier alpha value is -3.74. The molecular weight excluding hydrogens is 450 g/mol. The predicted octanol–water partition coefficient (Wildman–Crippen LogP) is 5.84. The molecule has 3 aromatic heterocycles. The average molecular weight is 484 g/mol. The number of carbonyl (C=O) groups excluding carboxylic acids is 1. The molecule has 5 rings (SSSR count). The number of pyridine rings is 2. The van der Waals surface area contributed by atoms with Crippen LogP contribution in [-0.4, -0.2) is 25.7 Å². The average Bonchev–Trinajstić information content (AvgIpc) is 3.65. The van der Waals surface area contributed by atoms with Gasteiger partial charge in [0.05, 0.1) is 28.2 Å². The molecule has 1 unspecified atom stereocenters. The molecule has 1 amide bonds. The second-order valence-corrected chi connectivity index (χ2v) is 10.6. The summed E-state index contributed by atoms with van der Waals surface area (Å²) in [4.78, 5) is 22.6. The highest BCUT2D eigenvalue weighted by Crippen LogP contribution is 2.41. The van der Waals surface area contributed by atoms with E-state index in [0.717, 1.165) is 52.1 Å². The SMILES string of the molecule is Cc1nn(C(C)(C)C)c2nc(C3CC3)cc(C(=O)NC(C)c3ccc(OCc4cccnc4)cc3)c12. The lowest BCUT2D eigenvalue weighted by Gasteiger charge is -2.20. The van der Waals surface area contributed by atoms with E-state index in [0.29, 0.717) is 18.1 Å². The van der Waals surface area contributed by atoms with Crippen molar-refractivity contribution in [1.82, 2.24) is 25.1 Å². The molecule has 1 atom stereocenters. The van der Waals surface area contributed by atoms with Gasteiger partial charge in [0.1, 0.15) is 12.4 Å². The highest BCUT2D eigenvalue weighted by Gasteiger charge is 2.30. The number of nitrogens with one attached hydrogen (secondary N) is 1. The molecule has 0 bridgehead atoms. The van der Waals surface area contributed by atoms with Gasteiger partial charge in [-0.25, -0.2) is 9.67 Å². The number of aryl methyl sites for hydroxylation is 1. The van der Waals surface area contributed by atoms with Crippen LogP contribution in [0.15, 0.2) is 54.9 Å². The van der Waals surface area contributed by atoms with Crippen molar-refractivity contribution in [2.75, 3.05) is 0 Å². The molecule has 3 heterocycles. The summed E-state index contributed by atoms with van der Waals surface area (Å²) < 4.78 is 7.82. The Morgan fingerprint density at radius 2 is 1.94 bits per heavy atom. The van der Waals surface area contributed by atoms with Gasteiger partial charge in [-0.3, -0.25) is 9.78 Å². The van der Waals surface area contributed by atoms with Crippen LogP contribution >= 0.6 is 0 Å². The standard InChI is InChI=1S/C29H33N5O2/c1-18(21-10-12-23(13-11-21)36-17-20-7-6-14-30-16-20)31-28(35)24-15-25(22-8-9-22)32-27-26(24)19(2)33-34(27)29(3,4)5/h6-7,10-16,18,22H,8-9,17H2,1-5H3,(H,31,35). The number of hydrogen-bond acceptors (Lipinski definition) is 5. The zero-order valence-corrected chi connectivity index (χ0v) is 21.6. The van der Waals surface area contributed by atoms with Crippen LogP contribution in [0.3, 0.4) is 0 Å². The molecule has 0 radical (unpaired) electrons. The van der Waals surface area contributed by atoms with E-state index in [2.05, 4.69) is 31.1 Å². The number of rotatable bonds is 7. The topological polar surface area (TPSA) is 81.9 Å². The number of hydrogen-bond donors (Lipinski definition) is 1. The highest BCUT2D eigenvalue weighted by atomic mass is 16.5. The first kappa shape index (κ1) is 24.0. The van der Waals surface area contributed by atoms with Gasteiger partial charge in [0.25, 0.3) is 5.91 Å². The minimum atomic E-state index is -0.233. The number of fused-ring (bicyclic) bond motifs is 1. The molecule has 7 heteroatoms. The lowest BCUT2D eigenvalue weighted by Crippen LogP contribution is -2.27. The predicted molar refractivity (Wildman–Crippen MR) is 140 cm³/mol. The molecule has 0 saturated heterocycles. The molecule has 1 N–H and O–H groups in total. The van der Waals surface area contributed by atoms with Crippen LogP contribution in [-0.2, 0) is 12.1 Å². The van der Waals surface area contributed by atoms with Crippen LogP contribution in [0.2, 0.25) is 0 Å². The summed E-state index contributed by atoms with van der Waals surface area (Å²) in [7, 11) is 0. The molecule has 36 heavy (non-hydrogen) atoms. The lowest BCUT2D eigenvalue weighted by molar-refractivity contribution is 0.0941. The molecule has 4 aromatic rings.